The smallest absolute Gasteiger partial charge is 0.167 e. The maximum Gasteiger partial charge on any atom is 0.167 e. The van der Waals surface area contributed by atoms with E-state index in [0.717, 1.165) is 37.5 Å². The summed E-state index contributed by atoms with van der Waals surface area (Å²) in [5, 5.41) is 25.0. The molecule has 3 aliphatic heterocycles. The molecular weight excluding hydrogens is 888 g/mol. The van der Waals surface area contributed by atoms with Gasteiger partial charge in [-0.2, -0.15) is 0 Å². The summed E-state index contributed by atoms with van der Waals surface area (Å²) in [5.74, 6) is -0.479. The predicted molar refractivity (Wildman–Crippen MR) is 252 cm³/mol. The zero-order chi connectivity index (χ0) is 44.8. The summed E-state index contributed by atoms with van der Waals surface area (Å²) in [6.45, 7) is 1.79. The van der Waals surface area contributed by atoms with Crippen LogP contribution in [0.5, 0.6) is 0 Å². The monoisotopic (exact) mass is 944 g/mol. The van der Waals surface area contributed by atoms with Crippen molar-refractivity contribution in [2.75, 3.05) is 13.2 Å². The van der Waals surface area contributed by atoms with Gasteiger partial charge in [0.25, 0.3) is 0 Å². The lowest BCUT2D eigenvalue weighted by atomic mass is 9.89. The second-order valence-corrected chi connectivity index (χ2v) is 17.6. The molecule has 5 aromatic rings. The fourth-order valence-corrected chi connectivity index (χ4v) is 8.69. The molecule has 0 bridgehead atoms. The van der Waals surface area contributed by atoms with E-state index in [4.69, 9.17) is 33.2 Å². The molecule has 10 atom stereocenters. The SMILES string of the molecule is O=C(C[C@@H]1O[C@H]2CC=CCO[C@@H]2[C@@H](OCc2ccc(Br)cc2)[C@@H]1OCc1ccc2ccccc2c1)C(O)/C=C\[C@@H]1O[C@H](COCc2ccccc2)[C@@H](OCc2ccccc2)/C=C\C[C@H]1O. The Labute approximate surface area is 389 Å². The van der Waals surface area contributed by atoms with E-state index in [1.54, 1.807) is 6.08 Å². The number of ketones is 1. The van der Waals surface area contributed by atoms with Gasteiger partial charge in [-0.1, -0.05) is 162 Å². The Morgan fingerprint density at radius 1 is 0.692 bits per heavy atom. The Morgan fingerprint density at radius 3 is 2.14 bits per heavy atom. The highest BCUT2D eigenvalue weighted by molar-refractivity contribution is 9.10. The number of hydrogen-bond acceptors (Lipinski definition) is 10. The number of Topliss-reactive ketones (excluding diaryl/α,β-unsaturated/α-hetero) is 1. The highest BCUT2D eigenvalue weighted by Crippen LogP contribution is 2.34. The predicted octanol–water partition coefficient (Wildman–Crippen LogP) is 8.94. The second-order valence-electron chi connectivity index (χ2n) is 16.7. The molecule has 1 fully saturated rings. The first-order valence-electron chi connectivity index (χ1n) is 22.4. The molecule has 3 aliphatic rings. The van der Waals surface area contributed by atoms with Gasteiger partial charge in [0.1, 0.15) is 42.7 Å². The van der Waals surface area contributed by atoms with Crippen LogP contribution in [-0.4, -0.2) is 90.2 Å². The van der Waals surface area contributed by atoms with Crippen LogP contribution in [0.2, 0.25) is 0 Å². The van der Waals surface area contributed by atoms with Gasteiger partial charge in [0.05, 0.1) is 58.0 Å². The molecule has 0 radical (unpaired) electrons. The number of aliphatic hydroxyl groups is 2. The van der Waals surface area contributed by atoms with Crippen LogP contribution in [0, 0.1) is 0 Å². The largest absolute Gasteiger partial charge is 0.390 e. The summed E-state index contributed by atoms with van der Waals surface area (Å²) < 4.78 is 46.6. The fraction of sp³-hybridized carbons (Fsp3) is 0.352. The lowest BCUT2D eigenvalue weighted by Gasteiger charge is -2.45. The van der Waals surface area contributed by atoms with Gasteiger partial charge in [0, 0.05) is 10.9 Å². The third kappa shape index (κ3) is 13.3. The third-order valence-electron chi connectivity index (χ3n) is 11.9. The average Bonchev–Trinajstić information content (AvgIpc) is 3.58. The van der Waals surface area contributed by atoms with Crippen LogP contribution < -0.4 is 0 Å². The van der Waals surface area contributed by atoms with Crippen LogP contribution in [0.25, 0.3) is 10.8 Å². The summed E-state index contributed by atoms with van der Waals surface area (Å²) in [6, 6.07) is 42.0. The quantitative estimate of drug-likeness (QED) is 0.0824. The molecule has 10 nitrogen and oxygen atoms in total. The Hall–Kier alpha value is -4.63. The van der Waals surface area contributed by atoms with E-state index in [0.29, 0.717) is 26.2 Å². The zero-order valence-corrected chi connectivity index (χ0v) is 37.9. The van der Waals surface area contributed by atoms with E-state index in [1.807, 2.05) is 127 Å². The zero-order valence-electron chi connectivity index (χ0n) is 36.3. The number of carbonyl (C=O) groups excluding carboxylic acids is 1. The molecular formula is C54H57BrO10. The van der Waals surface area contributed by atoms with Gasteiger partial charge in [-0.05, 0) is 64.1 Å². The van der Waals surface area contributed by atoms with Gasteiger partial charge in [-0.3, -0.25) is 4.79 Å². The average molecular weight is 946 g/mol. The van der Waals surface area contributed by atoms with E-state index < -0.39 is 66.8 Å². The van der Waals surface area contributed by atoms with Gasteiger partial charge >= 0.3 is 0 Å². The molecule has 0 spiro atoms. The van der Waals surface area contributed by atoms with Crippen molar-refractivity contribution in [1.29, 1.82) is 0 Å². The van der Waals surface area contributed by atoms with Crippen LogP contribution in [0.15, 0.2) is 168 Å². The molecule has 0 amide bonds. The van der Waals surface area contributed by atoms with Crippen molar-refractivity contribution in [3.05, 3.63) is 191 Å². The summed E-state index contributed by atoms with van der Waals surface area (Å²) in [6.07, 6.45) is 3.88. The van der Waals surface area contributed by atoms with Crippen molar-refractivity contribution >= 4 is 32.5 Å². The van der Waals surface area contributed by atoms with E-state index in [1.165, 1.54) is 6.08 Å². The standard InChI is InChI=1S/C54H57BrO10/c55-43-25-22-39(23-26-43)34-63-54-52-49(19-9-10-29-60-52)65-50(53(54)62-35-40-21-24-41-16-7-8-17-42(41)30-40)31-46(58)44(56)27-28-47-45(57)18-11-20-48(61-33-38-14-5-2-6-15-38)51(64-47)36-59-32-37-12-3-1-4-13-37/h1-17,20-28,30,44-45,47-54,56-57H,18-19,29,31-36H2/b20-11-,28-27-/t44?,45-,47+,48+,49+,50+,51-,52+,53-,54-/m1/s1. The van der Waals surface area contributed by atoms with Crippen LogP contribution in [0.4, 0.5) is 0 Å². The minimum absolute atomic E-state index is 0.166. The Bertz CT molecular complexity index is 2340. The van der Waals surface area contributed by atoms with Gasteiger partial charge in [0.2, 0.25) is 0 Å². The number of aliphatic hydroxyl groups excluding tert-OH is 2. The van der Waals surface area contributed by atoms with Crippen molar-refractivity contribution in [3.8, 4) is 0 Å². The van der Waals surface area contributed by atoms with E-state index in [9.17, 15) is 15.0 Å². The van der Waals surface area contributed by atoms with Crippen LogP contribution in [-0.2, 0) is 64.4 Å². The van der Waals surface area contributed by atoms with Gasteiger partial charge in [-0.25, -0.2) is 0 Å². The van der Waals surface area contributed by atoms with Crippen LogP contribution in [0.1, 0.15) is 41.5 Å². The maximum atomic E-state index is 14.1. The molecule has 11 heteroatoms. The molecule has 0 saturated carbocycles. The highest BCUT2D eigenvalue weighted by atomic mass is 79.9. The van der Waals surface area contributed by atoms with E-state index in [-0.39, 0.29) is 32.7 Å². The first-order valence-corrected chi connectivity index (χ1v) is 23.2. The summed E-state index contributed by atoms with van der Waals surface area (Å²) in [5.41, 5.74) is 3.95. The molecule has 340 valence electrons. The number of fused-ring (bicyclic) bond motifs is 2. The first-order chi connectivity index (χ1) is 31.9. The van der Waals surface area contributed by atoms with Crippen molar-refractivity contribution in [3.63, 3.8) is 0 Å². The normalized spacial score (nSPS) is 26.8. The second kappa shape index (κ2) is 23.7. The number of hydrogen-bond donors (Lipinski definition) is 2. The van der Waals surface area contributed by atoms with Crippen molar-refractivity contribution in [1.82, 2.24) is 0 Å². The fourth-order valence-electron chi connectivity index (χ4n) is 8.42. The number of rotatable bonds is 18. The van der Waals surface area contributed by atoms with E-state index >= 15 is 0 Å². The molecule has 1 saturated heterocycles. The third-order valence-corrected chi connectivity index (χ3v) is 12.5. The van der Waals surface area contributed by atoms with Crippen LogP contribution >= 0.6 is 15.9 Å². The molecule has 3 heterocycles. The summed E-state index contributed by atoms with van der Waals surface area (Å²) in [7, 11) is 0. The van der Waals surface area contributed by atoms with Gasteiger partial charge in [-0.15, -0.1) is 0 Å². The molecule has 0 aromatic heterocycles. The molecule has 8 rings (SSSR count). The topological polar surface area (TPSA) is 122 Å². The number of benzene rings is 5. The van der Waals surface area contributed by atoms with Crippen molar-refractivity contribution in [2.45, 2.75) is 107 Å². The lowest BCUT2D eigenvalue weighted by Crippen LogP contribution is -2.60. The molecule has 65 heavy (non-hydrogen) atoms. The Kier molecular flexibility index (Phi) is 17.1. The molecule has 2 N–H and O–H groups in total. The Balaban J connectivity index is 0.991. The van der Waals surface area contributed by atoms with Crippen molar-refractivity contribution in [2.24, 2.45) is 0 Å². The minimum atomic E-state index is -1.53. The van der Waals surface area contributed by atoms with Gasteiger partial charge in [0.15, 0.2) is 5.78 Å². The maximum absolute atomic E-state index is 14.1. The number of ether oxygens (including phenoxy) is 7. The van der Waals surface area contributed by atoms with Gasteiger partial charge < -0.3 is 43.4 Å². The van der Waals surface area contributed by atoms with E-state index in [2.05, 4.69) is 40.2 Å². The molecule has 5 aromatic carbocycles. The summed E-state index contributed by atoms with van der Waals surface area (Å²) in [4.78, 5) is 14.1. The highest BCUT2D eigenvalue weighted by Gasteiger charge is 2.49. The minimum Gasteiger partial charge on any atom is -0.390 e. The summed E-state index contributed by atoms with van der Waals surface area (Å²) >= 11 is 3.52. The number of carbonyl (C=O) groups is 1. The lowest BCUT2D eigenvalue weighted by molar-refractivity contribution is -0.259. The van der Waals surface area contributed by atoms with Crippen molar-refractivity contribution < 1.29 is 48.2 Å². The van der Waals surface area contributed by atoms with Crippen LogP contribution in [0.3, 0.4) is 0 Å². The Morgan fingerprint density at radius 2 is 1.35 bits per heavy atom. The number of halogens is 1. The molecule has 1 unspecified atom stereocenters. The molecule has 0 aliphatic carbocycles. The first kappa shape index (κ1) is 46.9.